The van der Waals surface area contributed by atoms with Crippen LogP contribution < -0.4 is 0 Å². The fourth-order valence-electron chi connectivity index (χ4n) is 3.72. The highest BCUT2D eigenvalue weighted by molar-refractivity contribution is 5.53. The minimum Gasteiger partial charge on any atom is -0.508 e. The molecule has 2 N–H and O–H groups in total. The average molecular weight is 368 g/mol. The van der Waals surface area contributed by atoms with Gasteiger partial charge in [0, 0.05) is 17.1 Å². The Balaban J connectivity index is 2.50. The molecule has 26 heavy (non-hydrogen) atoms. The molecule has 0 bridgehead atoms. The Morgan fingerprint density at radius 1 is 1.23 bits per heavy atom. The van der Waals surface area contributed by atoms with E-state index in [0.29, 0.717) is 18.4 Å². The second-order valence-electron chi connectivity index (χ2n) is 7.17. The smallest absolute Gasteiger partial charge is 0.412 e. The standard InChI is InChI=1S/C21H27F3O2/c1-4-5-6-7-14-8-11-18(25)19(20(14)26)17-12-15(21(22,23)24)9-10-16(17)13(2)3/h8,11-12,16-17,25-26H,2,4-7,9-10H2,1,3H3/t16-,17+/m0/s1. The number of allylic oxidation sites excluding steroid dienone is 3. The second kappa shape index (κ2) is 8.19. The van der Waals surface area contributed by atoms with E-state index in [1.54, 1.807) is 13.0 Å². The number of hydrogen-bond acceptors (Lipinski definition) is 2. The molecule has 0 saturated heterocycles. The molecular weight excluding hydrogens is 341 g/mol. The molecule has 144 valence electrons. The first-order valence-electron chi connectivity index (χ1n) is 9.13. The largest absolute Gasteiger partial charge is 0.508 e. The van der Waals surface area contributed by atoms with Crippen molar-refractivity contribution in [3.05, 3.63) is 47.1 Å². The third-order valence-corrected chi connectivity index (χ3v) is 5.20. The van der Waals surface area contributed by atoms with Crippen LogP contribution in [-0.2, 0) is 6.42 Å². The van der Waals surface area contributed by atoms with Gasteiger partial charge in [-0.1, -0.05) is 44.1 Å². The highest BCUT2D eigenvalue weighted by atomic mass is 19.4. The third kappa shape index (κ3) is 4.43. The van der Waals surface area contributed by atoms with Gasteiger partial charge in [-0.25, -0.2) is 0 Å². The van der Waals surface area contributed by atoms with Gasteiger partial charge in [-0.2, -0.15) is 13.2 Å². The lowest BCUT2D eigenvalue weighted by atomic mass is 9.73. The average Bonchev–Trinajstić information content (AvgIpc) is 2.56. The summed E-state index contributed by atoms with van der Waals surface area (Å²) < 4.78 is 39.7. The minimum atomic E-state index is -4.40. The van der Waals surface area contributed by atoms with E-state index in [9.17, 15) is 23.4 Å². The fourth-order valence-corrected chi connectivity index (χ4v) is 3.72. The zero-order valence-corrected chi connectivity index (χ0v) is 15.4. The number of rotatable bonds is 6. The number of unbranched alkanes of at least 4 members (excludes halogenated alkanes) is 2. The summed E-state index contributed by atoms with van der Waals surface area (Å²) in [7, 11) is 0. The summed E-state index contributed by atoms with van der Waals surface area (Å²) in [5.41, 5.74) is 1.01. The van der Waals surface area contributed by atoms with Gasteiger partial charge in [0.05, 0.1) is 0 Å². The van der Waals surface area contributed by atoms with Crippen LogP contribution in [0.25, 0.3) is 0 Å². The van der Waals surface area contributed by atoms with Gasteiger partial charge in [0.15, 0.2) is 0 Å². The second-order valence-corrected chi connectivity index (χ2v) is 7.17. The molecule has 0 aliphatic heterocycles. The molecule has 0 radical (unpaired) electrons. The van der Waals surface area contributed by atoms with Crippen molar-refractivity contribution in [1.82, 2.24) is 0 Å². The van der Waals surface area contributed by atoms with Crippen molar-refractivity contribution in [2.45, 2.75) is 64.5 Å². The molecule has 1 aromatic rings. The van der Waals surface area contributed by atoms with Crippen LogP contribution in [0.15, 0.2) is 35.9 Å². The van der Waals surface area contributed by atoms with Crippen LogP contribution in [-0.4, -0.2) is 16.4 Å². The van der Waals surface area contributed by atoms with Crippen LogP contribution in [0.1, 0.15) is 63.0 Å². The molecule has 0 spiro atoms. The molecule has 1 aliphatic rings. The molecule has 0 aromatic heterocycles. The highest BCUT2D eigenvalue weighted by Crippen LogP contribution is 2.49. The number of aryl methyl sites for hydroxylation is 1. The SMILES string of the molecule is C=C(C)[C@@H]1CCC(C(F)(F)F)=C[C@H]1c1c(O)ccc(CCCCC)c1O. The zero-order chi connectivity index (χ0) is 19.5. The zero-order valence-electron chi connectivity index (χ0n) is 15.4. The normalized spacial score (nSPS) is 20.7. The first-order chi connectivity index (χ1) is 12.2. The molecule has 0 fully saturated rings. The summed E-state index contributed by atoms with van der Waals surface area (Å²) >= 11 is 0. The number of alkyl halides is 3. The van der Waals surface area contributed by atoms with Crippen LogP contribution in [0.4, 0.5) is 13.2 Å². The van der Waals surface area contributed by atoms with E-state index < -0.39 is 17.7 Å². The van der Waals surface area contributed by atoms with Gasteiger partial charge in [-0.05, 0) is 50.2 Å². The fraction of sp³-hybridized carbons (Fsp3) is 0.524. The van der Waals surface area contributed by atoms with Crippen molar-refractivity contribution < 1.29 is 23.4 Å². The molecule has 0 unspecified atom stereocenters. The van der Waals surface area contributed by atoms with E-state index in [2.05, 4.69) is 13.5 Å². The Kier molecular flexibility index (Phi) is 6.43. The Labute approximate surface area is 153 Å². The number of phenolic OH excluding ortho intramolecular Hbond substituents is 2. The molecular formula is C21H27F3O2. The van der Waals surface area contributed by atoms with Gasteiger partial charge in [-0.15, -0.1) is 0 Å². The van der Waals surface area contributed by atoms with E-state index in [-0.39, 0.29) is 29.4 Å². The number of aromatic hydroxyl groups is 2. The van der Waals surface area contributed by atoms with Gasteiger partial charge in [0.1, 0.15) is 11.5 Å². The lowest BCUT2D eigenvalue weighted by Gasteiger charge is -2.33. The van der Waals surface area contributed by atoms with Crippen molar-refractivity contribution in [1.29, 1.82) is 0 Å². The van der Waals surface area contributed by atoms with Crippen LogP contribution in [0.3, 0.4) is 0 Å². The van der Waals surface area contributed by atoms with Gasteiger partial charge in [0.2, 0.25) is 0 Å². The molecule has 1 aromatic carbocycles. The van der Waals surface area contributed by atoms with E-state index in [4.69, 9.17) is 0 Å². The number of halogens is 3. The number of phenols is 2. The number of benzene rings is 1. The third-order valence-electron chi connectivity index (χ3n) is 5.20. The molecule has 0 heterocycles. The Hall–Kier alpha value is -1.91. The summed E-state index contributed by atoms with van der Waals surface area (Å²) in [6, 6.07) is 3.12. The molecule has 0 saturated carbocycles. The van der Waals surface area contributed by atoms with E-state index >= 15 is 0 Å². The topological polar surface area (TPSA) is 40.5 Å². The van der Waals surface area contributed by atoms with Crippen molar-refractivity contribution in [3.8, 4) is 11.5 Å². The molecule has 5 heteroatoms. The van der Waals surface area contributed by atoms with E-state index in [1.165, 1.54) is 6.07 Å². The maximum atomic E-state index is 13.2. The summed E-state index contributed by atoms with van der Waals surface area (Å²) in [5, 5.41) is 21.0. The van der Waals surface area contributed by atoms with Crippen molar-refractivity contribution in [2.24, 2.45) is 5.92 Å². The lowest BCUT2D eigenvalue weighted by molar-refractivity contribution is -0.0957. The number of hydrogen-bond donors (Lipinski definition) is 2. The Bertz CT molecular complexity index is 689. The first kappa shape index (κ1) is 20.4. The summed E-state index contributed by atoms with van der Waals surface area (Å²) in [5.74, 6) is -1.23. The van der Waals surface area contributed by atoms with Gasteiger partial charge >= 0.3 is 6.18 Å². The van der Waals surface area contributed by atoms with Crippen molar-refractivity contribution >= 4 is 0 Å². The quantitative estimate of drug-likeness (QED) is 0.451. The van der Waals surface area contributed by atoms with Crippen molar-refractivity contribution in [3.63, 3.8) is 0 Å². The molecule has 2 nitrogen and oxygen atoms in total. The van der Waals surface area contributed by atoms with E-state index in [1.807, 2.05) is 0 Å². The van der Waals surface area contributed by atoms with Crippen LogP contribution in [0, 0.1) is 5.92 Å². The molecule has 1 aliphatic carbocycles. The van der Waals surface area contributed by atoms with Gasteiger partial charge < -0.3 is 10.2 Å². The Morgan fingerprint density at radius 3 is 2.50 bits per heavy atom. The summed E-state index contributed by atoms with van der Waals surface area (Å²) in [4.78, 5) is 0. The van der Waals surface area contributed by atoms with Gasteiger partial charge in [-0.3, -0.25) is 0 Å². The summed E-state index contributed by atoms with van der Waals surface area (Å²) in [6.45, 7) is 7.77. The van der Waals surface area contributed by atoms with Crippen LogP contribution >= 0.6 is 0 Å². The molecule has 0 amide bonds. The monoisotopic (exact) mass is 368 g/mol. The molecule has 2 atom stereocenters. The first-order valence-corrected chi connectivity index (χ1v) is 9.13. The maximum Gasteiger partial charge on any atom is 0.412 e. The highest BCUT2D eigenvalue weighted by Gasteiger charge is 2.40. The van der Waals surface area contributed by atoms with Gasteiger partial charge in [0.25, 0.3) is 0 Å². The Morgan fingerprint density at radius 2 is 1.92 bits per heavy atom. The van der Waals surface area contributed by atoms with Crippen molar-refractivity contribution in [2.75, 3.05) is 0 Å². The lowest BCUT2D eigenvalue weighted by Crippen LogP contribution is -2.23. The van der Waals surface area contributed by atoms with Crippen LogP contribution in [0.2, 0.25) is 0 Å². The van der Waals surface area contributed by atoms with Crippen LogP contribution in [0.5, 0.6) is 11.5 Å². The van der Waals surface area contributed by atoms with E-state index in [0.717, 1.165) is 30.9 Å². The summed E-state index contributed by atoms with van der Waals surface area (Å²) in [6.07, 6.45) is 0.532. The maximum absolute atomic E-state index is 13.2. The molecule has 2 rings (SSSR count). The minimum absolute atomic E-state index is 0.0742. The predicted octanol–water partition coefficient (Wildman–Crippen LogP) is 6.39. The predicted molar refractivity (Wildman–Crippen MR) is 97.4 cm³/mol.